The first-order chi connectivity index (χ1) is 23.1. The average molecular weight is 672 g/mol. The molecule has 2 amide bonds. The van der Waals surface area contributed by atoms with Gasteiger partial charge in [-0.2, -0.15) is 0 Å². The number of primary amides is 1. The quantitative estimate of drug-likeness (QED) is 0.154. The van der Waals surface area contributed by atoms with Crippen LogP contribution in [0.15, 0.2) is 96.6 Å². The van der Waals surface area contributed by atoms with E-state index in [-0.39, 0.29) is 29.4 Å². The second kappa shape index (κ2) is 14.9. The van der Waals surface area contributed by atoms with Crippen molar-refractivity contribution in [2.24, 2.45) is 5.73 Å². The van der Waals surface area contributed by atoms with Gasteiger partial charge in [-0.3, -0.25) is 14.6 Å². The Morgan fingerprint density at radius 2 is 1.20 bits per heavy atom. The zero-order chi connectivity index (χ0) is 35.8. The fraction of sp³-hybridized carbons (Fsp3) is 0.206. The lowest BCUT2D eigenvalue weighted by Crippen LogP contribution is -2.42. The zero-order valence-electron chi connectivity index (χ0n) is 26.9. The molecule has 2 aliphatic heterocycles. The van der Waals surface area contributed by atoms with Gasteiger partial charge in [-0.1, -0.05) is 24.3 Å². The summed E-state index contributed by atoms with van der Waals surface area (Å²) in [6.07, 6.45) is 5.40. The standard InChI is InChI=1S/C27H26N4O9.C7H7NO/c1-26(2)37-22(33)19(23(34)38-26)13-29-17-8-16(21(32)31-12-15-6-5-7-28-11-15)9-18(10-17)30-14-20-24(35)39-27(3,4)40-25(20)36;8-7(9)6-4-2-1-3-5-6/h5-11,13-14,29-30H,12H2,1-4H3,(H,31,32);1-5H,(H2,8,9). The minimum Gasteiger partial charge on any atom is -0.419 e. The summed E-state index contributed by atoms with van der Waals surface area (Å²) in [5.41, 5.74) is 6.21. The third kappa shape index (κ3) is 9.99. The largest absolute Gasteiger partial charge is 0.419 e. The van der Waals surface area contributed by atoms with E-state index in [1.165, 1.54) is 45.9 Å². The highest BCUT2D eigenvalue weighted by atomic mass is 16.7. The van der Waals surface area contributed by atoms with Crippen LogP contribution in [0.5, 0.6) is 0 Å². The van der Waals surface area contributed by atoms with Crippen LogP contribution >= 0.6 is 0 Å². The Hall–Kier alpha value is -6.51. The maximum atomic E-state index is 13.0. The van der Waals surface area contributed by atoms with E-state index in [1.807, 2.05) is 6.07 Å². The number of carbonyl (C=O) groups is 6. The molecule has 0 bridgehead atoms. The summed E-state index contributed by atoms with van der Waals surface area (Å²) >= 11 is 0. The van der Waals surface area contributed by atoms with Gasteiger partial charge in [-0.25, -0.2) is 19.2 Å². The van der Waals surface area contributed by atoms with E-state index < -0.39 is 52.5 Å². The summed E-state index contributed by atoms with van der Waals surface area (Å²) < 4.78 is 20.3. The Labute approximate surface area is 280 Å². The molecule has 3 aromatic rings. The van der Waals surface area contributed by atoms with Crippen molar-refractivity contribution in [2.45, 2.75) is 45.8 Å². The van der Waals surface area contributed by atoms with Gasteiger partial charge in [0.1, 0.15) is 0 Å². The number of aromatic nitrogens is 1. The normalized spacial score (nSPS) is 15.9. The molecule has 0 atom stereocenters. The van der Waals surface area contributed by atoms with Crippen LogP contribution in [0, 0.1) is 0 Å². The molecule has 2 aliphatic rings. The van der Waals surface area contributed by atoms with Crippen molar-refractivity contribution < 1.29 is 47.7 Å². The van der Waals surface area contributed by atoms with E-state index >= 15 is 0 Å². The molecule has 15 nitrogen and oxygen atoms in total. The molecule has 2 aromatic carbocycles. The molecular weight excluding hydrogens is 638 g/mol. The lowest BCUT2D eigenvalue weighted by molar-refractivity contribution is -0.224. The number of benzene rings is 2. The number of rotatable bonds is 8. The molecule has 0 spiro atoms. The Kier molecular flexibility index (Phi) is 10.8. The van der Waals surface area contributed by atoms with E-state index in [4.69, 9.17) is 24.7 Å². The maximum absolute atomic E-state index is 13.0. The van der Waals surface area contributed by atoms with Crippen molar-refractivity contribution in [3.63, 3.8) is 0 Å². The Morgan fingerprint density at radius 1 is 0.714 bits per heavy atom. The number of nitrogens with one attached hydrogen (secondary N) is 3. The molecule has 5 N–H and O–H groups in total. The predicted octanol–water partition coefficient (Wildman–Crippen LogP) is 3.06. The average Bonchev–Trinajstić information content (AvgIpc) is 3.03. The molecule has 0 radical (unpaired) electrons. The van der Waals surface area contributed by atoms with Gasteiger partial charge in [0, 0.05) is 81.5 Å². The van der Waals surface area contributed by atoms with Gasteiger partial charge in [-0.05, 0) is 42.0 Å². The lowest BCUT2D eigenvalue weighted by atomic mass is 10.1. The van der Waals surface area contributed by atoms with Crippen LogP contribution in [0.2, 0.25) is 0 Å². The van der Waals surface area contributed by atoms with Crippen molar-refractivity contribution >= 4 is 47.1 Å². The van der Waals surface area contributed by atoms with E-state index in [0.29, 0.717) is 5.56 Å². The molecule has 0 saturated carbocycles. The Bertz CT molecular complexity index is 1710. The SMILES string of the molecule is CC1(C)OC(=O)C(=CNc2cc(NC=C3C(=O)OC(C)(C)OC3=O)cc(C(=O)NCc3cccnc3)c2)C(=O)O1.NC(=O)c1ccccc1. The second-order valence-corrected chi connectivity index (χ2v) is 11.3. The number of nitrogens with zero attached hydrogens (tertiary/aromatic N) is 1. The van der Waals surface area contributed by atoms with Gasteiger partial charge in [0.25, 0.3) is 17.5 Å². The number of amides is 2. The van der Waals surface area contributed by atoms with Gasteiger partial charge < -0.3 is 40.6 Å². The third-order valence-electron chi connectivity index (χ3n) is 6.43. The van der Waals surface area contributed by atoms with Crippen LogP contribution in [0.25, 0.3) is 0 Å². The monoisotopic (exact) mass is 671 g/mol. The number of anilines is 2. The highest BCUT2D eigenvalue weighted by Gasteiger charge is 2.40. The molecule has 15 heteroatoms. The van der Waals surface area contributed by atoms with E-state index in [9.17, 15) is 28.8 Å². The minimum atomic E-state index is -1.40. The maximum Gasteiger partial charge on any atom is 0.350 e. The van der Waals surface area contributed by atoms with Crippen LogP contribution in [-0.2, 0) is 44.7 Å². The summed E-state index contributed by atoms with van der Waals surface area (Å²) in [6, 6.07) is 16.7. The summed E-state index contributed by atoms with van der Waals surface area (Å²) in [5, 5.41) is 8.33. The molecule has 2 saturated heterocycles. The van der Waals surface area contributed by atoms with E-state index in [2.05, 4.69) is 20.9 Å². The van der Waals surface area contributed by atoms with Gasteiger partial charge in [-0.15, -0.1) is 0 Å². The number of nitrogens with two attached hydrogens (primary N) is 1. The topological polar surface area (TPSA) is 214 Å². The molecule has 254 valence electrons. The van der Waals surface area contributed by atoms with Crippen molar-refractivity contribution in [3.05, 3.63) is 113 Å². The van der Waals surface area contributed by atoms with E-state index in [0.717, 1.165) is 18.0 Å². The van der Waals surface area contributed by atoms with Crippen molar-refractivity contribution in [3.8, 4) is 0 Å². The van der Waals surface area contributed by atoms with Crippen LogP contribution < -0.4 is 21.7 Å². The Balaban J connectivity index is 0.000000520. The Morgan fingerprint density at radius 3 is 1.61 bits per heavy atom. The van der Waals surface area contributed by atoms with Crippen LogP contribution in [0.1, 0.15) is 54.0 Å². The summed E-state index contributed by atoms with van der Waals surface area (Å²) in [5.74, 6) is -7.21. The number of hydrogen-bond acceptors (Lipinski definition) is 13. The van der Waals surface area contributed by atoms with Crippen molar-refractivity contribution in [1.82, 2.24) is 10.3 Å². The molecule has 0 unspecified atom stereocenters. The van der Waals surface area contributed by atoms with Crippen LogP contribution in [0.3, 0.4) is 0 Å². The molecule has 1 aromatic heterocycles. The van der Waals surface area contributed by atoms with Gasteiger partial charge in [0.15, 0.2) is 11.1 Å². The first kappa shape index (κ1) is 35.3. The number of pyridine rings is 1. The smallest absolute Gasteiger partial charge is 0.350 e. The number of carbonyl (C=O) groups excluding carboxylic acids is 6. The summed E-state index contributed by atoms with van der Waals surface area (Å²) in [4.78, 5) is 76.5. The number of esters is 4. The molecule has 49 heavy (non-hydrogen) atoms. The van der Waals surface area contributed by atoms with Gasteiger partial charge in [0.2, 0.25) is 5.91 Å². The van der Waals surface area contributed by atoms with Gasteiger partial charge >= 0.3 is 23.9 Å². The molecule has 3 heterocycles. The lowest BCUT2D eigenvalue weighted by Gasteiger charge is -2.29. The minimum absolute atomic E-state index is 0.165. The molecule has 5 rings (SSSR count). The van der Waals surface area contributed by atoms with Crippen molar-refractivity contribution in [2.75, 3.05) is 10.6 Å². The summed E-state index contributed by atoms with van der Waals surface area (Å²) in [7, 11) is 0. The van der Waals surface area contributed by atoms with Crippen LogP contribution in [-0.4, -0.2) is 52.2 Å². The first-order valence-electron chi connectivity index (χ1n) is 14.7. The second-order valence-electron chi connectivity index (χ2n) is 11.3. The fourth-order valence-electron chi connectivity index (χ4n) is 4.18. The summed E-state index contributed by atoms with van der Waals surface area (Å²) in [6.45, 7) is 5.89. The highest BCUT2D eigenvalue weighted by Crippen LogP contribution is 2.26. The third-order valence-corrected chi connectivity index (χ3v) is 6.43. The fourth-order valence-corrected chi connectivity index (χ4v) is 4.18. The molecular formula is C34H33N5O10. The highest BCUT2D eigenvalue weighted by molar-refractivity contribution is 6.16. The number of cyclic esters (lactones) is 4. The van der Waals surface area contributed by atoms with Gasteiger partial charge in [0.05, 0.1) is 0 Å². The number of ether oxygens (including phenoxy) is 4. The zero-order valence-corrected chi connectivity index (χ0v) is 26.9. The first-order valence-corrected chi connectivity index (χ1v) is 14.7. The van der Waals surface area contributed by atoms with E-state index in [1.54, 1.807) is 48.8 Å². The predicted molar refractivity (Wildman–Crippen MR) is 173 cm³/mol. The molecule has 2 fully saturated rings. The number of hydrogen-bond donors (Lipinski definition) is 4. The van der Waals surface area contributed by atoms with Crippen molar-refractivity contribution in [1.29, 1.82) is 0 Å². The molecule has 0 aliphatic carbocycles. The van der Waals surface area contributed by atoms with Crippen LogP contribution in [0.4, 0.5) is 11.4 Å².